The molecule has 1 aromatic carbocycles. The zero-order chi connectivity index (χ0) is 12.3. The maximum atomic E-state index is 13.5. The molecule has 0 aliphatic rings. The van der Waals surface area contributed by atoms with E-state index in [9.17, 15) is 8.78 Å². The number of halogens is 2. The molecule has 2 nitrogen and oxygen atoms in total. The Balaban J connectivity index is 2.25. The lowest BCUT2D eigenvalue weighted by Gasteiger charge is -2.15. The van der Waals surface area contributed by atoms with Gasteiger partial charge in [-0.15, -0.1) is 11.3 Å². The van der Waals surface area contributed by atoms with Crippen LogP contribution < -0.4 is 11.3 Å². The Hall–Kier alpha value is -1.30. The quantitative estimate of drug-likeness (QED) is 0.650. The van der Waals surface area contributed by atoms with Crippen LogP contribution in [0.1, 0.15) is 16.5 Å². The van der Waals surface area contributed by atoms with Gasteiger partial charge >= 0.3 is 0 Å². The van der Waals surface area contributed by atoms with Crippen LogP contribution in [0.4, 0.5) is 8.78 Å². The van der Waals surface area contributed by atoms with E-state index in [1.807, 2.05) is 17.5 Å². The van der Waals surface area contributed by atoms with Crippen LogP contribution in [-0.2, 0) is 6.42 Å². The van der Waals surface area contributed by atoms with Crippen molar-refractivity contribution in [2.24, 2.45) is 5.84 Å². The van der Waals surface area contributed by atoms with Crippen molar-refractivity contribution in [3.63, 3.8) is 0 Å². The summed E-state index contributed by atoms with van der Waals surface area (Å²) in [5.74, 6) is 4.34. The monoisotopic (exact) mass is 254 g/mol. The minimum atomic E-state index is -0.540. The molecule has 0 amide bonds. The van der Waals surface area contributed by atoms with Crippen molar-refractivity contribution in [3.05, 3.63) is 57.8 Å². The highest BCUT2D eigenvalue weighted by atomic mass is 32.1. The van der Waals surface area contributed by atoms with Crippen molar-refractivity contribution < 1.29 is 8.78 Å². The van der Waals surface area contributed by atoms with Gasteiger partial charge < -0.3 is 0 Å². The molecule has 0 bridgehead atoms. The summed E-state index contributed by atoms with van der Waals surface area (Å²) >= 11 is 1.50. The molecular weight excluding hydrogens is 242 g/mol. The smallest absolute Gasteiger partial charge is 0.129 e. The van der Waals surface area contributed by atoms with E-state index in [4.69, 9.17) is 5.84 Å². The van der Waals surface area contributed by atoms with Gasteiger partial charge in [0.1, 0.15) is 11.6 Å². The van der Waals surface area contributed by atoms with Gasteiger partial charge in [0.2, 0.25) is 0 Å². The zero-order valence-corrected chi connectivity index (χ0v) is 9.81. The van der Waals surface area contributed by atoms with Gasteiger partial charge in [-0.3, -0.25) is 11.3 Å². The van der Waals surface area contributed by atoms with Crippen LogP contribution in [0.25, 0.3) is 0 Å². The van der Waals surface area contributed by atoms with Gasteiger partial charge in [-0.05, 0) is 30.0 Å². The highest BCUT2D eigenvalue weighted by Gasteiger charge is 2.16. The maximum Gasteiger partial charge on any atom is 0.129 e. The number of hydrogen-bond donors (Lipinski definition) is 2. The molecular formula is C12H12F2N2S. The number of thiophene rings is 1. The van der Waals surface area contributed by atoms with Crippen molar-refractivity contribution in [1.82, 2.24) is 5.43 Å². The number of hydrazine groups is 1. The fourth-order valence-corrected chi connectivity index (χ4v) is 2.45. The third kappa shape index (κ3) is 2.69. The summed E-state index contributed by atoms with van der Waals surface area (Å²) in [5.41, 5.74) is 2.64. The van der Waals surface area contributed by atoms with E-state index in [0.717, 1.165) is 4.88 Å². The molecule has 0 saturated carbocycles. The molecule has 2 aromatic rings. The Bertz CT molecular complexity index is 465. The third-order valence-electron chi connectivity index (χ3n) is 2.56. The van der Waals surface area contributed by atoms with Crippen LogP contribution in [0, 0.1) is 11.6 Å². The van der Waals surface area contributed by atoms with E-state index in [-0.39, 0.29) is 18.0 Å². The van der Waals surface area contributed by atoms with Crippen LogP contribution in [0.5, 0.6) is 0 Å². The van der Waals surface area contributed by atoms with Crippen molar-refractivity contribution in [2.75, 3.05) is 0 Å². The van der Waals surface area contributed by atoms with Crippen molar-refractivity contribution >= 4 is 11.3 Å². The first-order valence-corrected chi connectivity index (χ1v) is 6.02. The molecule has 1 unspecified atom stereocenters. The Labute approximate surface area is 102 Å². The summed E-state index contributed by atoms with van der Waals surface area (Å²) in [6.45, 7) is 0. The molecule has 0 radical (unpaired) electrons. The highest BCUT2D eigenvalue weighted by molar-refractivity contribution is 7.10. The Kier molecular flexibility index (Phi) is 3.83. The van der Waals surface area contributed by atoms with Crippen LogP contribution in [-0.4, -0.2) is 0 Å². The summed E-state index contributed by atoms with van der Waals surface area (Å²) in [6.07, 6.45) is 0.190. The summed E-state index contributed by atoms with van der Waals surface area (Å²) in [7, 11) is 0. The molecule has 17 heavy (non-hydrogen) atoms. The van der Waals surface area contributed by atoms with Gasteiger partial charge in [-0.1, -0.05) is 12.1 Å². The molecule has 0 spiro atoms. The summed E-state index contributed by atoms with van der Waals surface area (Å²) in [4.78, 5) is 0.954. The lowest BCUT2D eigenvalue weighted by Crippen LogP contribution is -2.29. The van der Waals surface area contributed by atoms with Crippen molar-refractivity contribution in [2.45, 2.75) is 12.5 Å². The predicted molar refractivity (Wildman–Crippen MR) is 64.4 cm³/mol. The summed E-state index contributed by atoms with van der Waals surface area (Å²) < 4.78 is 27.0. The zero-order valence-electron chi connectivity index (χ0n) is 8.99. The molecule has 90 valence electrons. The lowest BCUT2D eigenvalue weighted by molar-refractivity contribution is 0.504. The first kappa shape index (κ1) is 12.2. The number of nitrogens with one attached hydrogen (secondary N) is 1. The van der Waals surface area contributed by atoms with Crippen LogP contribution in [0.15, 0.2) is 35.7 Å². The first-order valence-electron chi connectivity index (χ1n) is 5.14. The minimum absolute atomic E-state index is 0.0591. The summed E-state index contributed by atoms with van der Waals surface area (Å²) in [5, 5.41) is 1.90. The number of hydrogen-bond acceptors (Lipinski definition) is 3. The molecule has 0 saturated heterocycles. The van der Waals surface area contributed by atoms with Crippen molar-refractivity contribution in [3.8, 4) is 0 Å². The van der Waals surface area contributed by atoms with E-state index < -0.39 is 11.6 Å². The lowest BCUT2D eigenvalue weighted by atomic mass is 10.0. The van der Waals surface area contributed by atoms with Gasteiger partial charge in [0, 0.05) is 10.4 Å². The van der Waals surface area contributed by atoms with Gasteiger partial charge in [0.05, 0.1) is 6.04 Å². The van der Waals surface area contributed by atoms with Gasteiger partial charge in [0.25, 0.3) is 0 Å². The SMILES string of the molecule is NNC(Cc1c(F)cccc1F)c1cccs1. The van der Waals surface area contributed by atoms with Gasteiger partial charge in [0.15, 0.2) is 0 Å². The van der Waals surface area contributed by atoms with Crippen molar-refractivity contribution in [1.29, 1.82) is 0 Å². The average molecular weight is 254 g/mol. The second-order valence-electron chi connectivity index (χ2n) is 3.64. The maximum absolute atomic E-state index is 13.5. The molecule has 2 rings (SSSR count). The molecule has 0 aliphatic carbocycles. The Morgan fingerprint density at radius 1 is 1.18 bits per heavy atom. The number of nitrogens with two attached hydrogens (primary N) is 1. The molecule has 1 atom stereocenters. The standard InChI is InChI=1S/C12H12F2N2S/c13-9-3-1-4-10(14)8(9)7-11(16-15)12-5-2-6-17-12/h1-6,11,16H,7,15H2. The normalized spacial score (nSPS) is 12.6. The molecule has 3 N–H and O–H groups in total. The Morgan fingerprint density at radius 3 is 2.41 bits per heavy atom. The summed E-state index contributed by atoms with van der Waals surface area (Å²) in [6, 6.07) is 7.34. The largest absolute Gasteiger partial charge is 0.271 e. The number of benzene rings is 1. The topological polar surface area (TPSA) is 38.0 Å². The van der Waals surface area contributed by atoms with E-state index >= 15 is 0 Å². The van der Waals surface area contributed by atoms with Gasteiger partial charge in [-0.25, -0.2) is 8.78 Å². The second kappa shape index (κ2) is 5.35. The highest BCUT2D eigenvalue weighted by Crippen LogP contribution is 2.24. The third-order valence-corrected chi connectivity index (χ3v) is 3.54. The molecule has 1 heterocycles. The number of rotatable bonds is 4. The molecule has 0 fully saturated rings. The Morgan fingerprint density at radius 2 is 1.88 bits per heavy atom. The van der Waals surface area contributed by atoms with Crippen LogP contribution in [0.3, 0.4) is 0 Å². The average Bonchev–Trinajstić information content (AvgIpc) is 2.82. The first-order chi connectivity index (χ1) is 8.22. The fourth-order valence-electron chi connectivity index (χ4n) is 1.66. The van der Waals surface area contributed by atoms with E-state index in [1.165, 1.54) is 29.5 Å². The fraction of sp³-hybridized carbons (Fsp3) is 0.167. The molecule has 5 heteroatoms. The van der Waals surface area contributed by atoms with Crippen LogP contribution in [0.2, 0.25) is 0 Å². The molecule has 0 aliphatic heterocycles. The van der Waals surface area contributed by atoms with E-state index in [2.05, 4.69) is 5.43 Å². The van der Waals surface area contributed by atoms with E-state index in [0.29, 0.717) is 0 Å². The van der Waals surface area contributed by atoms with Gasteiger partial charge in [-0.2, -0.15) is 0 Å². The van der Waals surface area contributed by atoms with E-state index in [1.54, 1.807) is 0 Å². The second-order valence-corrected chi connectivity index (χ2v) is 4.62. The molecule has 1 aromatic heterocycles. The predicted octanol–water partition coefficient (Wildman–Crippen LogP) is 2.77. The minimum Gasteiger partial charge on any atom is -0.271 e. The van der Waals surface area contributed by atoms with Crippen LogP contribution >= 0.6 is 11.3 Å².